The van der Waals surface area contributed by atoms with Crippen LogP contribution in [0.5, 0.6) is 11.5 Å². The molecule has 4 aliphatic carbocycles. The van der Waals surface area contributed by atoms with E-state index in [2.05, 4.69) is 45.3 Å². The molecular weight excluding hydrogens is 952 g/mol. The molecule has 11 atom stereocenters. The molecule has 4 saturated carbocycles. The third-order valence-corrected chi connectivity index (χ3v) is 18.2. The highest BCUT2D eigenvalue weighted by Crippen LogP contribution is 2.69. The average molecular weight is 1030 g/mol. The van der Waals surface area contributed by atoms with Crippen LogP contribution in [0.25, 0.3) is 5.57 Å². The summed E-state index contributed by atoms with van der Waals surface area (Å²) in [4.78, 5) is 73.8. The van der Waals surface area contributed by atoms with E-state index in [9.17, 15) is 49.2 Å². The van der Waals surface area contributed by atoms with Gasteiger partial charge in [-0.15, -0.1) is 0 Å². The number of carboxylic acid groups (broad SMARTS) is 4. The Morgan fingerprint density at radius 3 is 1.70 bits per heavy atom. The van der Waals surface area contributed by atoms with Crippen LogP contribution >= 0.6 is 23.2 Å². The third-order valence-electron chi connectivity index (χ3n) is 17.6. The molecule has 0 saturated heterocycles. The lowest BCUT2D eigenvalue weighted by molar-refractivity contribution is -0.142. The molecule has 0 aromatic heterocycles. The van der Waals surface area contributed by atoms with E-state index in [1.165, 1.54) is 82.1 Å². The van der Waals surface area contributed by atoms with Gasteiger partial charge in [-0.1, -0.05) is 83.2 Å². The van der Waals surface area contributed by atoms with Crippen molar-refractivity contribution in [1.82, 2.24) is 10.6 Å². The van der Waals surface area contributed by atoms with Crippen LogP contribution in [0, 0.1) is 58.2 Å². The first-order chi connectivity index (χ1) is 33.4. The monoisotopic (exact) mass is 1020 g/mol. The van der Waals surface area contributed by atoms with Gasteiger partial charge < -0.3 is 41.3 Å². The van der Waals surface area contributed by atoms with Crippen molar-refractivity contribution in [3.8, 4) is 11.5 Å². The maximum absolute atomic E-state index is 13.6. The van der Waals surface area contributed by atoms with Crippen molar-refractivity contribution in [2.45, 2.75) is 162 Å². The zero-order valence-electron chi connectivity index (χ0n) is 41.8. The molecule has 0 bridgehead atoms. The van der Waals surface area contributed by atoms with Gasteiger partial charge in [-0.05, 0) is 183 Å². The Hall–Kier alpha value is -4.82. The Morgan fingerprint density at radius 1 is 0.676 bits per heavy atom. The van der Waals surface area contributed by atoms with E-state index in [1.807, 2.05) is 6.08 Å². The molecule has 4 aliphatic rings. The van der Waals surface area contributed by atoms with Gasteiger partial charge in [0.1, 0.15) is 23.6 Å². The number of rotatable bonds is 22. The summed E-state index contributed by atoms with van der Waals surface area (Å²) in [7, 11) is 0. The standard InChI is InChI=1S/C55H74Cl2N2O12/c1-29(2)8-6-9-30(3)39-14-15-40-36-13-12-34-24-31(20-22-54(34,4)41(36)21-23-55(39,40)5)10-7-11-35(32-25-37(48(64)42(56)27-32)50(66)58-44(52(68)69)16-18-46(60)61)33-26-38(49(65)43(57)28-33)51(67)59-45(53(70)71)17-19-47(62)63/h11,25-31,34,36,39-41,44-45,64-65H,6-10,12-24H2,1-5H3,(H,58,66)(H,59,67)(H,60,61)(H,62,63)(H,68,69)(H,70,71)/t30-,31+,34+,36+,39-,40+,41+,44+,45+,54+,55-/m1/s1. The van der Waals surface area contributed by atoms with Crippen LogP contribution in [0.3, 0.4) is 0 Å². The zero-order valence-corrected chi connectivity index (χ0v) is 43.3. The van der Waals surface area contributed by atoms with Crippen molar-refractivity contribution in [1.29, 1.82) is 0 Å². The number of aliphatic carboxylic acids is 4. The predicted molar refractivity (Wildman–Crippen MR) is 271 cm³/mol. The number of nitrogens with one attached hydrogen (secondary N) is 2. The number of hydrogen-bond donors (Lipinski definition) is 8. The Labute approximate surface area is 427 Å². The number of aromatic hydroxyl groups is 2. The first-order valence-electron chi connectivity index (χ1n) is 25.7. The van der Waals surface area contributed by atoms with Crippen molar-refractivity contribution in [3.05, 3.63) is 62.6 Å². The van der Waals surface area contributed by atoms with Gasteiger partial charge in [-0.3, -0.25) is 19.2 Å². The quantitative estimate of drug-likeness (QED) is 0.0549. The number of amides is 2. The molecule has 2 aromatic rings. The largest absolute Gasteiger partial charge is 0.506 e. The van der Waals surface area contributed by atoms with E-state index in [0.29, 0.717) is 29.2 Å². The van der Waals surface area contributed by atoms with Crippen molar-refractivity contribution in [2.75, 3.05) is 0 Å². The van der Waals surface area contributed by atoms with Crippen LogP contribution in [0.15, 0.2) is 30.3 Å². The van der Waals surface area contributed by atoms with Crippen molar-refractivity contribution >= 4 is 64.5 Å². The second-order valence-corrected chi connectivity index (χ2v) is 23.1. The van der Waals surface area contributed by atoms with Gasteiger partial charge in [0.25, 0.3) is 11.8 Å². The molecule has 390 valence electrons. The number of phenols is 2. The number of hydrogen-bond acceptors (Lipinski definition) is 8. The van der Waals surface area contributed by atoms with E-state index in [-0.39, 0.29) is 26.6 Å². The van der Waals surface area contributed by atoms with Gasteiger partial charge in [-0.25, -0.2) is 9.59 Å². The van der Waals surface area contributed by atoms with E-state index < -0.39 is 96.1 Å². The van der Waals surface area contributed by atoms with Crippen LogP contribution in [-0.4, -0.2) is 78.4 Å². The fourth-order valence-corrected chi connectivity index (χ4v) is 14.3. The topological polar surface area (TPSA) is 248 Å². The number of fused-ring (bicyclic) bond motifs is 5. The minimum absolute atomic E-state index is 0.242. The Balaban J connectivity index is 1.26. The van der Waals surface area contributed by atoms with Crippen LogP contribution in [-0.2, 0) is 19.2 Å². The summed E-state index contributed by atoms with van der Waals surface area (Å²) in [5.41, 5.74) is 0.724. The molecular formula is C55H74Cl2N2O12. The zero-order chi connectivity index (χ0) is 52.1. The van der Waals surface area contributed by atoms with Gasteiger partial charge in [0.2, 0.25) is 0 Å². The highest BCUT2D eigenvalue weighted by Gasteiger charge is 2.60. The first-order valence-corrected chi connectivity index (χ1v) is 26.5. The van der Waals surface area contributed by atoms with Gasteiger partial charge in [0.15, 0.2) is 0 Å². The van der Waals surface area contributed by atoms with E-state index >= 15 is 0 Å². The molecule has 0 radical (unpaired) electrons. The van der Waals surface area contributed by atoms with Crippen LogP contribution in [0.2, 0.25) is 10.0 Å². The second kappa shape index (κ2) is 23.4. The summed E-state index contributed by atoms with van der Waals surface area (Å²) in [6.07, 6.45) is 16.4. The van der Waals surface area contributed by atoms with Crippen molar-refractivity contribution in [2.24, 2.45) is 58.2 Å². The molecule has 2 amide bonds. The second-order valence-electron chi connectivity index (χ2n) is 22.3. The molecule has 16 heteroatoms. The molecule has 2 aromatic carbocycles. The van der Waals surface area contributed by atoms with Gasteiger partial charge in [0.05, 0.1) is 21.2 Å². The number of carbonyl (C=O) groups excluding carboxylic acids is 2. The summed E-state index contributed by atoms with van der Waals surface area (Å²) in [6.45, 7) is 12.4. The highest BCUT2D eigenvalue weighted by molar-refractivity contribution is 6.33. The van der Waals surface area contributed by atoms with E-state index in [0.717, 1.165) is 61.2 Å². The maximum atomic E-state index is 13.6. The molecule has 6 rings (SSSR count). The first kappa shape index (κ1) is 55.5. The highest BCUT2D eigenvalue weighted by atomic mass is 35.5. The fraction of sp³-hybridized carbons (Fsp3) is 0.636. The SMILES string of the molecule is CC(C)CCC[C@@H](C)[C@H]1CC[C@H]2[C@@H]3CC[C@H]4C[C@@H](CCC=C(c5cc(Cl)c(O)c(C(=O)N[C@@H](CCC(=O)O)C(=O)O)c5)c5cc(Cl)c(O)c(C(=O)N[C@@H](CCC(=O)O)C(=O)O)c5)CC[C@]4(C)[C@H]3CC[C@]12C. The van der Waals surface area contributed by atoms with E-state index in [4.69, 9.17) is 33.4 Å². The van der Waals surface area contributed by atoms with Gasteiger partial charge in [0, 0.05) is 12.8 Å². The summed E-state index contributed by atoms with van der Waals surface area (Å²) in [5, 5.41) is 63.9. The lowest BCUT2D eigenvalue weighted by Crippen LogP contribution is -2.53. The van der Waals surface area contributed by atoms with E-state index in [1.54, 1.807) is 0 Å². The number of allylic oxidation sites excluding steroid dienone is 1. The van der Waals surface area contributed by atoms with Crippen LogP contribution in [0.1, 0.15) is 182 Å². The van der Waals surface area contributed by atoms with Crippen molar-refractivity contribution < 1.29 is 59.4 Å². The minimum atomic E-state index is -1.61. The number of carbonyl (C=O) groups is 6. The molecule has 0 heterocycles. The Kier molecular flexibility index (Phi) is 18.3. The lowest BCUT2D eigenvalue weighted by Gasteiger charge is -2.61. The molecule has 71 heavy (non-hydrogen) atoms. The number of phenolic OH excluding ortho intramolecular Hbond substituents is 2. The number of halogens is 2. The molecule has 8 N–H and O–H groups in total. The Bertz CT molecular complexity index is 2260. The summed E-state index contributed by atoms with van der Waals surface area (Å²) >= 11 is 13.1. The molecule has 0 spiro atoms. The average Bonchev–Trinajstić information content (AvgIpc) is 3.66. The summed E-state index contributed by atoms with van der Waals surface area (Å²) in [6, 6.07) is 2.10. The Morgan fingerprint density at radius 2 is 1.20 bits per heavy atom. The summed E-state index contributed by atoms with van der Waals surface area (Å²) in [5.74, 6) is -3.31. The fourth-order valence-electron chi connectivity index (χ4n) is 13.9. The van der Waals surface area contributed by atoms with Crippen molar-refractivity contribution in [3.63, 3.8) is 0 Å². The number of carboxylic acids is 4. The minimum Gasteiger partial charge on any atom is -0.506 e. The van der Waals surface area contributed by atoms with Gasteiger partial charge in [-0.2, -0.15) is 0 Å². The smallest absolute Gasteiger partial charge is 0.326 e. The molecule has 0 aliphatic heterocycles. The normalized spacial score (nSPS) is 27.0. The summed E-state index contributed by atoms with van der Waals surface area (Å²) < 4.78 is 0. The van der Waals surface area contributed by atoms with Gasteiger partial charge >= 0.3 is 23.9 Å². The molecule has 0 unspecified atom stereocenters. The lowest BCUT2D eigenvalue weighted by atomic mass is 9.44. The predicted octanol–water partition coefficient (Wildman–Crippen LogP) is 11.4. The molecule has 4 fully saturated rings. The van der Waals surface area contributed by atoms with Crippen LogP contribution < -0.4 is 10.6 Å². The number of benzene rings is 2. The maximum Gasteiger partial charge on any atom is 0.326 e. The van der Waals surface area contributed by atoms with Crippen LogP contribution in [0.4, 0.5) is 0 Å². The molecule has 14 nitrogen and oxygen atoms in total. The third kappa shape index (κ3) is 12.7.